The fraction of sp³-hybridized carbons (Fsp3) is 0.636. The average Bonchev–Trinajstić information content (AvgIpc) is 2.53. The zero-order valence-electron chi connectivity index (χ0n) is 10.5. The fourth-order valence-electron chi connectivity index (χ4n) is 1.43. The molecule has 96 valence electrons. The van der Waals surface area contributed by atoms with E-state index in [1.807, 2.05) is 19.9 Å². The second-order valence-electron chi connectivity index (χ2n) is 4.29. The van der Waals surface area contributed by atoms with Gasteiger partial charge in [-0.05, 0) is 26.8 Å². The van der Waals surface area contributed by atoms with Crippen molar-refractivity contribution in [3.8, 4) is 0 Å². The second kappa shape index (κ2) is 5.79. The van der Waals surface area contributed by atoms with Crippen LogP contribution in [0.5, 0.6) is 0 Å². The van der Waals surface area contributed by atoms with Crippen LogP contribution >= 0.6 is 0 Å². The Morgan fingerprint density at radius 2 is 2.29 bits per heavy atom. The molecule has 6 nitrogen and oxygen atoms in total. The Morgan fingerprint density at radius 1 is 1.65 bits per heavy atom. The van der Waals surface area contributed by atoms with E-state index in [-0.39, 0.29) is 19.0 Å². The maximum absolute atomic E-state index is 11.6. The maximum Gasteiger partial charge on any atom is 0.241 e. The minimum Gasteiger partial charge on any atom is -0.392 e. The third kappa shape index (κ3) is 4.16. The highest BCUT2D eigenvalue weighted by molar-refractivity contribution is 5.75. The normalized spacial score (nSPS) is 14.4. The molecule has 0 aliphatic rings. The lowest BCUT2D eigenvalue weighted by atomic mass is 10.2. The van der Waals surface area contributed by atoms with Crippen LogP contribution in [0.25, 0.3) is 0 Å². The van der Waals surface area contributed by atoms with Crippen LogP contribution in [0, 0.1) is 13.8 Å². The molecular formula is C11H20N4O2. The van der Waals surface area contributed by atoms with E-state index in [9.17, 15) is 9.90 Å². The Kier molecular flexibility index (Phi) is 4.65. The number of hydrogen-bond acceptors (Lipinski definition) is 4. The zero-order valence-corrected chi connectivity index (χ0v) is 10.5. The third-order valence-corrected chi connectivity index (χ3v) is 2.55. The smallest absolute Gasteiger partial charge is 0.241 e. The van der Waals surface area contributed by atoms with Gasteiger partial charge in [-0.25, -0.2) is 0 Å². The highest BCUT2D eigenvalue weighted by atomic mass is 16.3. The van der Waals surface area contributed by atoms with E-state index in [0.717, 1.165) is 11.4 Å². The van der Waals surface area contributed by atoms with E-state index < -0.39 is 12.1 Å². The van der Waals surface area contributed by atoms with Crippen molar-refractivity contribution in [3.05, 3.63) is 17.5 Å². The molecule has 2 unspecified atom stereocenters. The topological polar surface area (TPSA) is 93.2 Å². The van der Waals surface area contributed by atoms with Crippen molar-refractivity contribution >= 4 is 5.91 Å². The number of rotatable bonds is 5. The minimum absolute atomic E-state index is 0.160. The quantitative estimate of drug-likeness (QED) is 0.636. The number of aliphatic hydroxyl groups excluding tert-OH is 1. The number of amides is 1. The number of nitrogens with two attached hydrogens (primary N) is 1. The molecule has 1 rings (SSSR count). The van der Waals surface area contributed by atoms with Gasteiger partial charge in [0.25, 0.3) is 0 Å². The largest absolute Gasteiger partial charge is 0.392 e. The Labute approximate surface area is 101 Å². The van der Waals surface area contributed by atoms with Crippen LogP contribution in [0.15, 0.2) is 6.07 Å². The van der Waals surface area contributed by atoms with Gasteiger partial charge >= 0.3 is 0 Å². The second-order valence-corrected chi connectivity index (χ2v) is 4.29. The maximum atomic E-state index is 11.6. The summed E-state index contributed by atoms with van der Waals surface area (Å²) in [5, 5.41) is 16.0. The molecule has 0 fully saturated rings. The molecular weight excluding hydrogens is 220 g/mol. The van der Waals surface area contributed by atoms with Crippen molar-refractivity contribution in [2.45, 2.75) is 39.5 Å². The van der Waals surface area contributed by atoms with Gasteiger partial charge in [-0.3, -0.25) is 9.48 Å². The zero-order chi connectivity index (χ0) is 13.0. The molecule has 0 saturated carbocycles. The van der Waals surface area contributed by atoms with Gasteiger partial charge in [-0.15, -0.1) is 0 Å². The lowest BCUT2D eigenvalue weighted by Crippen LogP contribution is -2.44. The third-order valence-electron chi connectivity index (χ3n) is 2.55. The Hall–Kier alpha value is -1.40. The van der Waals surface area contributed by atoms with Gasteiger partial charge in [-0.2, -0.15) is 5.10 Å². The van der Waals surface area contributed by atoms with Crippen molar-refractivity contribution in [1.82, 2.24) is 15.1 Å². The van der Waals surface area contributed by atoms with E-state index in [1.54, 1.807) is 11.6 Å². The van der Waals surface area contributed by atoms with E-state index in [2.05, 4.69) is 10.4 Å². The highest BCUT2D eigenvalue weighted by Crippen LogP contribution is 2.00. The van der Waals surface area contributed by atoms with Crippen molar-refractivity contribution in [2.75, 3.05) is 6.54 Å². The van der Waals surface area contributed by atoms with Crippen molar-refractivity contribution in [2.24, 2.45) is 5.73 Å². The number of carbonyl (C=O) groups excluding carboxylic acids is 1. The van der Waals surface area contributed by atoms with E-state index in [4.69, 9.17) is 5.73 Å². The van der Waals surface area contributed by atoms with Gasteiger partial charge in [0.15, 0.2) is 0 Å². The lowest BCUT2D eigenvalue weighted by molar-refractivity contribution is -0.122. The first-order valence-corrected chi connectivity index (χ1v) is 5.61. The van der Waals surface area contributed by atoms with Crippen LogP contribution in [0.3, 0.4) is 0 Å². The molecule has 0 spiro atoms. The van der Waals surface area contributed by atoms with E-state index in [1.165, 1.54) is 0 Å². The summed E-state index contributed by atoms with van der Waals surface area (Å²) in [4.78, 5) is 11.6. The minimum atomic E-state index is -0.635. The Balaban J connectivity index is 2.42. The summed E-state index contributed by atoms with van der Waals surface area (Å²) in [6.45, 7) is 5.80. The summed E-state index contributed by atoms with van der Waals surface area (Å²) in [7, 11) is 0. The molecule has 17 heavy (non-hydrogen) atoms. The predicted octanol–water partition coefficient (Wildman–Crippen LogP) is -0.676. The first-order chi connectivity index (χ1) is 7.90. The summed E-state index contributed by atoms with van der Waals surface area (Å²) in [6.07, 6.45) is -0.635. The molecule has 0 saturated heterocycles. The van der Waals surface area contributed by atoms with Gasteiger partial charge in [0.05, 0.1) is 11.8 Å². The molecule has 2 atom stereocenters. The number of nitrogens with zero attached hydrogens (tertiary/aromatic N) is 2. The molecule has 0 aliphatic heterocycles. The van der Waals surface area contributed by atoms with Crippen LogP contribution in [0.2, 0.25) is 0 Å². The molecule has 0 aliphatic carbocycles. The van der Waals surface area contributed by atoms with Crippen LogP contribution in [0.4, 0.5) is 0 Å². The molecule has 0 aromatic carbocycles. The van der Waals surface area contributed by atoms with Crippen molar-refractivity contribution in [3.63, 3.8) is 0 Å². The molecule has 1 heterocycles. The summed E-state index contributed by atoms with van der Waals surface area (Å²) in [5.41, 5.74) is 7.43. The van der Waals surface area contributed by atoms with Crippen molar-refractivity contribution < 1.29 is 9.90 Å². The number of hydrogen-bond donors (Lipinski definition) is 3. The van der Waals surface area contributed by atoms with Gasteiger partial charge in [0.1, 0.15) is 6.54 Å². The van der Waals surface area contributed by atoms with Crippen LogP contribution in [-0.4, -0.2) is 39.5 Å². The molecule has 1 aromatic rings. The average molecular weight is 240 g/mol. The van der Waals surface area contributed by atoms with E-state index >= 15 is 0 Å². The van der Waals surface area contributed by atoms with Crippen LogP contribution in [-0.2, 0) is 11.3 Å². The number of nitrogens with one attached hydrogen (secondary N) is 1. The number of aliphatic hydroxyl groups is 1. The molecule has 1 amide bonds. The summed E-state index contributed by atoms with van der Waals surface area (Å²) >= 11 is 0. The highest BCUT2D eigenvalue weighted by Gasteiger charge is 2.11. The molecule has 0 radical (unpaired) electrons. The Morgan fingerprint density at radius 3 is 2.76 bits per heavy atom. The number of aryl methyl sites for hydroxylation is 2. The summed E-state index contributed by atoms with van der Waals surface area (Å²) in [5.74, 6) is -0.160. The lowest BCUT2D eigenvalue weighted by Gasteiger charge is -2.15. The van der Waals surface area contributed by atoms with Gasteiger partial charge < -0.3 is 16.2 Å². The monoisotopic (exact) mass is 240 g/mol. The predicted molar refractivity (Wildman–Crippen MR) is 64.4 cm³/mol. The molecule has 4 N–H and O–H groups in total. The molecule has 6 heteroatoms. The Bertz CT molecular complexity index is 387. The summed E-state index contributed by atoms with van der Waals surface area (Å²) < 4.78 is 1.64. The number of aromatic nitrogens is 2. The summed E-state index contributed by atoms with van der Waals surface area (Å²) in [6, 6.07) is 1.47. The van der Waals surface area contributed by atoms with E-state index in [0.29, 0.717) is 0 Å². The van der Waals surface area contributed by atoms with Crippen molar-refractivity contribution in [1.29, 1.82) is 0 Å². The molecule has 1 aromatic heterocycles. The van der Waals surface area contributed by atoms with Crippen LogP contribution in [0.1, 0.15) is 18.3 Å². The van der Waals surface area contributed by atoms with Gasteiger partial charge in [0.2, 0.25) is 5.91 Å². The first kappa shape index (κ1) is 13.7. The van der Waals surface area contributed by atoms with Gasteiger partial charge in [-0.1, -0.05) is 0 Å². The number of carbonyl (C=O) groups is 1. The fourth-order valence-corrected chi connectivity index (χ4v) is 1.43. The van der Waals surface area contributed by atoms with Crippen LogP contribution < -0.4 is 11.1 Å². The standard InChI is InChI=1S/C11H20N4O2/c1-7-4-8(2)15(14-7)6-11(17)13-5-10(12)9(3)16/h4,9-10,16H,5-6,12H2,1-3H3,(H,13,17). The SMILES string of the molecule is Cc1cc(C)n(CC(=O)NCC(N)C(C)O)n1. The first-order valence-electron chi connectivity index (χ1n) is 5.61. The van der Waals surface area contributed by atoms with Gasteiger partial charge in [0, 0.05) is 18.3 Å². The molecule has 0 bridgehead atoms.